The zero-order valence-electron chi connectivity index (χ0n) is 25.8. The second kappa shape index (κ2) is 12.0. The molecule has 6 rings (SSSR count). The number of carbonyl (C=O) groups is 2. The second-order valence-electron chi connectivity index (χ2n) is 12.7. The van der Waals surface area contributed by atoms with Gasteiger partial charge < -0.3 is 24.6 Å². The molecule has 238 valence electrons. The number of hydrogen-bond donors (Lipinski definition) is 2. The van der Waals surface area contributed by atoms with Crippen molar-refractivity contribution in [3.05, 3.63) is 86.9 Å². The summed E-state index contributed by atoms with van der Waals surface area (Å²) in [6.07, 6.45) is 2.71. The summed E-state index contributed by atoms with van der Waals surface area (Å²) in [5.41, 5.74) is 2.75. The Labute approximate surface area is 276 Å². The van der Waals surface area contributed by atoms with E-state index in [-0.39, 0.29) is 36.2 Å². The predicted molar refractivity (Wildman–Crippen MR) is 178 cm³/mol. The van der Waals surface area contributed by atoms with Gasteiger partial charge in [-0.15, -0.1) is 0 Å². The van der Waals surface area contributed by atoms with E-state index in [2.05, 4.69) is 10.3 Å². The average Bonchev–Trinajstić information content (AvgIpc) is 3.51. The zero-order valence-corrected chi connectivity index (χ0v) is 27.4. The van der Waals surface area contributed by atoms with Crippen molar-refractivity contribution in [1.29, 1.82) is 0 Å². The van der Waals surface area contributed by atoms with Gasteiger partial charge in [0.1, 0.15) is 5.65 Å². The molecule has 0 radical (unpaired) electrons. The van der Waals surface area contributed by atoms with Gasteiger partial charge in [0.25, 0.3) is 5.56 Å². The fraction of sp³-hybridized carbons (Fsp3) is 0.333. The van der Waals surface area contributed by atoms with E-state index in [1.165, 1.54) is 10.6 Å². The van der Waals surface area contributed by atoms with Crippen LogP contribution in [0.15, 0.2) is 65.7 Å². The van der Waals surface area contributed by atoms with Crippen LogP contribution in [0, 0.1) is 0 Å². The number of nitrogens with zero attached hydrogens (tertiary/aromatic N) is 3. The fourth-order valence-electron chi connectivity index (χ4n) is 5.76. The molecule has 0 unspecified atom stereocenters. The van der Waals surface area contributed by atoms with Crippen molar-refractivity contribution in [3.8, 4) is 22.3 Å². The number of hydrogen-bond acceptors (Lipinski definition) is 6. The monoisotopic (exact) mass is 662 g/mol. The van der Waals surface area contributed by atoms with Crippen molar-refractivity contribution in [3.63, 3.8) is 0 Å². The Morgan fingerprint density at radius 3 is 2.35 bits per heavy atom. The lowest BCUT2D eigenvalue weighted by atomic mass is 9.77. The Bertz CT molecular complexity index is 1910. The van der Waals surface area contributed by atoms with Crippen LogP contribution in [0.1, 0.15) is 46.1 Å². The lowest BCUT2D eigenvalue weighted by Crippen LogP contribution is -2.42. The maximum absolute atomic E-state index is 13.4. The molecule has 0 spiro atoms. The smallest absolute Gasteiger partial charge is 0.465 e. The van der Waals surface area contributed by atoms with Gasteiger partial charge in [-0.3, -0.25) is 14.0 Å². The Balaban J connectivity index is 1.29. The lowest BCUT2D eigenvalue weighted by Gasteiger charge is -2.32. The molecule has 0 bridgehead atoms. The van der Waals surface area contributed by atoms with Crippen LogP contribution in [0.25, 0.3) is 27.9 Å². The minimum atomic E-state index is -1.18. The molecule has 46 heavy (non-hydrogen) atoms. The Morgan fingerprint density at radius 2 is 1.70 bits per heavy atom. The third-order valence-corrected chi connectivity index (χ3v) is 9.90. The van der Waals surface area contributed by atoms with Crippen molar-refractivity contribution in [2.75, 3.05) is 6.54 Å². The molecule has 2 fully saturated rings. The summed E-state index contributed by atoms with van der Waals surface area (Å²) in [6, 6.07) is 14.5. The molecule has 2 aromatic heterocycles. The van der Waals surface area contributed by atoms with E-state index < -0.39 is 24.4 Å². The molecule has 0 saturated carbocycles. The van der Waals surface area contributed by atoms with Crippen LogP contribution in [-0.4, -0.2) is 62.3 Å². The molecule has 2 amide bonds. The van der Waals surface area contributed by atoms with E-state index in [9.17, 15) is 19.5 Å². The zero-order chi connectivity index (χ0) is 33.0. The lowest BCUT2D eigenvalue weighted by molar-refractivity contribution is -0.119. The van der Waals surface area contributed by atoms with Crippen molar-refractivity contribution in [2.45, 2.75) is 64.3 Å². The highest BCUT2D eigenvalue weighted by Gasteiger charge is 2.52. The van der Waals surface area contributed by atoms with Crippen LogP contribution in [-0.2, 0) is 20.6 Å². The largest absolute Gasteiger partial charge is 0.496 e. The van der Waals surface area contributed by atoms with E-state index in [4.69, 9.17) is 32.5 Å². The molecule has 4 heterocycles. The Kier molecular flexibility index (Phi) is 8.39. The van der Waals surface area contributed by atoms with Gasteiger partial charge in [-0.1, -0.05) is 59.6 Å². The van der Waals surface area contributed by atoms with Gasteiger partial charge in [0.05, 0.1) is 28.3 Å². The third-order valence-electron chi connectivity index (χ3n) is 9.07. The minimum absolute atomic E-state index is 0.0839. The van der Waals surface area contributed by atoms with Gasteiger partial charge in [0.2, 0.25) is 5.91 Å². The summed E-state index contributed by atoms with van der Waals surface area (Å²) >= 11 is 14.0. The second-order valence-corrected chi connectivity index (χ2v) is 13.4. The van der Waals surface area contributed by atoms with Crippen molar-refractivity contribution < 1.29 is 24.0 Å². The minimum Gasteiger partial charge on any atom is -0.465 e. The number of aromatic nitrogens is 2. The highest BCUT2D eigenvalue weighted by atomic mass is 35.5. The van der Waals surface area contributed by atoms with E-state index in [1.54, 1.807) is 18.3 Å². The van der Waals surface area contributed by atoms with Crippen LogP contribution < -0.4 is 16.3 Å². The molecule has 4 aromatic rings. The van der Waals surface area contributed by atoms with Gasteiger partial charge in [0.15, 0.2) is 0 Å². The van der Waals surface area contributed by atoms with Crippen molar-refractivity contribution >= 4 is 53.4 Å². The normalized spacial score (nSPS) is 18.6. The number of nitrogens with one attached hydrogen (secondary N) is 1. The summed E-state index contributed by atoms with van der Waals surface area (Å²) in [7, 11) is -0.639. The molecule has 2 saturated heterocycles. The van der Waals surface area contributed by atoms with Gasteiger partial charge in [0, 0.05) is 58.6 Å². The third kappa shape index (κ3) is 5.88. The maximum Gasteiger partial charge on any atom is 0.496 e. The first-order valence-corrected chi connectivity index (χ1v) is 15.7. The Hall–Kier alpha value is -3.90. The summed E-state index contributed by atoms with van der Waals surface area (Å²) in [5.74, 6) is -0.109. The topological polar surface area (TPSA) is 122 Å². The van der Waals surface area contributed by atoms with Crippen LogP contribution in [0.5, 0.6) is 0 Å². The number of fused-ring (bicyclic) bond motifs is 1. The van der Waals surface area contributed by atoms with Gasteiger partial charge in [-0.25, -0.2) is 9.78 Å². The molecule has 2 N–H and O–H groups in total. The number of pyridine rings is 1. The van der Waals surface area contributed by atoms with Crippen LogP contribution in [0.4, 0.5) is 4.79 Å². The molecule has 1 atom stereocenters. The predicted octanol–water partition coefficient (Wildman–Crippen LogP) is 5.39. The quantitative estimate of drug-likeness (QED) is 0.254. The van der Waals surface area contributed by atoms with E-state index in [0.717, 1.165) is 21.6 Å². The van der Waals surface area contributed by atoms with Gasteiger partial charge >= 0.3 is 13.2 Å². The summed E-state index contributed by atoms with van der Waals surface area (Å²) in [5, 5.41) is 13.4. The number of carbonyl (C=O) groups excluding carboxylic acids is 1. The Morgan fingerprint density at radius 1 is 1.04 bits per heavy atom. The molecule has 0 aliphatic carbocycles. The molecule has 2 aliphatic rings. The standard InChI is InChI=1S/C33H33BCl2N4O6/c1-32(2)33(3,4)46-34(45-32)25-10-6-9-24(29(25)36)23-8-5-7-22(28(23)35)19-13-14-40-26(15-19)37-16-20(30(40)42)17-39(31(43)44)18-21-11-12-27(41)38-21/h5-10,13-16,21H,11-12,17-18H2,1-4H3,(H,38,41)(H,43,44)/t21-/m0/s1. The van der Waals surface area contributed by atoms with Gasteiger partial charge in [-0.05, 0) is 51.8 Å². The maximum atomic E-state index is 13.4. The van der Waals surface area contributed by atoms with E-state index in [1.807, 2.05) is 64.1 Å². The number of carboxylic acid groups (broad SMARTS) is 1. The average molecular weight is 663 g/mol. The van der Waals surface area contributed by atoms with Crippen molar-refractivity contribution in [1.82, 2.24) is 19.6 Å². The molecular formula is C33H33BCl2N4O6. The van der Waals surface area contributed by atoms with E-state index in [0.29, 0.717) is 39.6 Å². The number of rotatable bonds is 7. The van der Waals surface area contributed by atoms with Crippen molar-refractivity contribution in [2.24, 2.45) is 0 Å². The highest BCUT2D eigenvalue weighted by Crippen LogP contribution is 2.41. The molecular weight excluding hydrogens is 630 g/mol. The summed E-state index contributed by atoms with van der Waals surface area (Å²) in [4.78, 5) is 42.4. The molecule has 2 aromatic carbocycles. The highest BCUT2D eigenvalue weighted by molar-refractivity contribution is 6.66. The first-order valence-electron chi connectivity index (χ1n) is 15.0. The number of amides is 2. The number of benzene rings is 2. The first-order chi connectivity index (χ1) is 21.8. The number of halogens is 2. The SMILES string of the molecule is CC1(C)OB(c2cccc(-c3cccc(-c4ccn5c(=O)c(CN(C[C@@H]6CCC(=O)N6)C(=O)O)cnc5c4)c3Cl)c2Cl)OC1(C)C. The molecule has 13 heteroatoms. The fourth-order valence-corrected chi connectivity index (χ4v) is 6.41. The summed E-state index contributed by atoms with van der Waals surface area (Å²) < 4.78 is 13.9. The summed E-state index contributed by atoms with van der Waals surface area (Å²) in [6.45, 7) is 7.88. The van der Waals surface area contributed by atoms with Crippen LogP contribution in [0.3, 0.4) is 0 Å². The van der Waals surface area contributed by atoms with Crippen LogP contribution >= 0.6 is 23.2 Å². The van der Waals surface area contributed by atoms with Crippen LogP contribution in [0.2, 0.25) is 10.0 Å². The molecule has 2 aliphatic heterocycles. The van der Waals surface area contributed by atoms with E-state index >= 15 is 0 Å². The molecule has 10 nitrogen and oxygen atoms in total. The van der Waals surface area contributed by atoms with Gasteiger partial charge in [-0.2, -0.15) is 0 Å². The first kappa shape index (κ1) is 32.1.